The molecule has 0 unspecified atom stereocenters. The van der Waals surface area contributed by atoms with Crippen LogP contribution in [0.5, 0.6) is 0 Å². The average Bonchev–Trinajstić information content (AvgIpc) is 2.29. The van der Waals surface area contributed by atoms with E-state index in [1.54, 1.807) is 0 Å². The fourth-order valence-electron chi connectivity index (χ4n) is 1.23. The van der Waals surface area contributed by atoms with Crippen molar-refractivity contribution < 1.29 is 31.5 Å². The average molecular weight is 304 g/mol. The highest BCUT2D eigenvalue weighted by molar-refractivity contribution is 6.32. The van der Waals surface area contributed by atoms with E-state index >= 15 is 0 Å². The van der Waals surface area contributed by atoms with Gasteiger partial charge in [0.15, 0.2) is 0 Å². The maximum absolute atomic E-state index is 12.6. The quantitative estimate of drug-likeness (QED) is 0.634. The minimum absolute atomic E-state index is 0.160. The second-order valence-electron chi connectivity index (χ2n) is 3.41. The molecule has 19 heavy (non-hydrogen) atoms. The Morgan fingerprint density at radius 1 is 1.47 bits per heavy atom. The van der Waals surface area contributed by atoms with Crippen LogP contribution in [-0.4, -0.2) is 18.1 Å². The molecule has 0 fully saturated rings. The summed E-state index contributed by atoms with van der Waals surface area (Å²) in [5.74, 6) is -0.936. The van der Waals surface area contributed by atoms with Crippen molar-refractivity contribution in [2.75, 3.05) is 7.11 Å². The van der Waals surface area contributed by atoms with Gasteiger partial charge in [0.2, 0.25) is 0 Å². The maximum atomic E-state index is 12.6. The molecule has 0 saturated heterocycles. The van der Waals surface area contributed by atoms with Gasteiger partial charge in [-0.05, 0) is 6.07 Å². The van der Waals surface area contributed by atoms with E-state index in [4.69, 9.17) is 11.6 Å². The van der Waals surface area contributed by atoms with Crippen molar-refractivity contribution in [3.63, 3.8) is 0 Å². The number of carbonyl (C=O) groups excluding carboxylic acids is 1. The second-order valence-corrected chi connectivity index (χ2v) is 3.79. The molecule has 0 atom stereocenters. The first-order valence-corrected chi connectivity index (χ1v) is 5.16. The van der Waals surface area contributed by atoms with Crippen LogP contribution in [0.4, 0.5) is 22.0 Å². The molecule has 0 spiro atoms. The maximum Gasteiger partial charge on any atom is 0.433 e. The third-order valence-corrected chi connectivity index (χ3v) is 2.56. The van der Waals surface area contributed by atoms with Crippen LogP contribution in [0.3, 0.4) is 0 Å². The third-order valence-electron chi connectivity index (χ3n) is 2.12. The zero-order valence-electron chi connectivity index (χ0n) is 9.39. The monoisotopic (exact) mass is 303 g/mol. The molecule has 0 bridgehead atoms. The lowest BCUT2D eigenvalue weighted by Gasteiger charge is -2.13. The molecule has 0 aliphatic heterocycles. The predicted octanol–water partition coefficient (Wildman–Crippen LogP) is 3.41. The Bertz CT molecular complexity index is 490. The predicted molar refractivity (Wildman–Crippen MR) is 54.9 cm³/mol. The van der Waals surface area contributed by atoms with Crippen molar-refractivity contribution in [3.05, 3.63) is 28.0 Å². The summed E-state index contributed by atoms with van der Waals surface area (Å²) in [5, 5.41) is -0.673. The lowest BCUT2D eigenvalue weighted by molar-refractivity contribution is -0.143. The zero-order valence-corrected chi connectivity index (χ0v) is 10.1. The highest BCUT2D eigenvalue weighted by Gasteiger charge is 2.35. The van der Waals surface area contributed by atoms with Gasteiger partial charge in [-0.25, -0.2) is 13.8 Å². The minimum atomic E-state index is -4.92. The Morgan fingerprint density at radius 3 is 2.47 bits per heavy atom. The number of halogens is 6. The van der Waals surface area contributed by atoms with Gasteiger partial charge in [0.25, 0.3) is 6.43 Å². The summed E-state index contributed by atoms with van der Waals surface area (Å²) in [6, 6.07) is 0.160. The van der Waals surface area contributed by atoms with Crippen LogP contribution < -0.4 is 0 Å². The summed E-state index contributed by atoms with van der Waals surface area (Å²) in [6.07, 6.45) is -8.86. The van der Waals surface area contributed by atoms with E-state index in [1.807, 2.05) is 0 Å². The molecule has 106 valence electrons. The highest BCUT2D eigenvalue weighted by atomic mass is 35.5. The van der Waals surface area contributed by atoms with Crippen molar-refractivity contribution in [2.24, 2.45) is 0 Å². The van der Waals surface area contributed by atoms with Crippen LogP contribution in [0.25, 0.3) is 0 Å². The summed E-state index contributed by atoms with van der Waals surface area (Å²) >= 11 is 5.51. The van der Waals surface area contributed by atoms with Gasteiger partial charge >= 0.3 is 12.1 Å². The van der Waals surface area contributed by atoms with Gasteiger partial charge in [0, 0.05) is 5.56 Å². The molecule has 0 amide bonds. The molecular formula is C10H7ClF5NO2. The SMILES string of the molecule is COC(=O)Cc1nc(C(F)(F)F)cc(C(F)F)c1Cl. The van der Waals surface area contributed by atoms with Crippen LogP contribution >= 0.6 is 11.6 Å². The van der Waals surface area contributed by atoms with Crippen molar-refractivity contribution in [2.45, 2.75) is 19.0 Å². The van der Waals surface area contributed by atoms with E-state index < -0.39 is 47.0 Å². The standard InChI is InChI=1S/C10H7ClF5NO2/c1-19-7(18)3-5-8(11)4(9(12)13)2-6(17-5)10(14,15)16/h2,9H,3H2,1H3. The van der Waals surface area contributed by atoms with Crippen LogP contribution in [0, 0.1) is 0 Å². The Kier molecular flexibility index (Phi) is 4.67. The molecule has 1 aromatic rings. The summed E-state index contributed by atoms with van der Waals surface area (Å²) in [4.78, 5) is 14.1. The van der Waals surface area contributed by atoms with E-state index in [1.165, 1.54) is 0 Å². The summed E-state index contributed by atoms with van der Waals surface area (Å²) in [7, 11) is 0.998. The van der Waals surface area contributed by atoms with Crippen molar-refractivity contribution in [3.8, 4) is 0 Å². The number of hydrogen-bond acceptors (Lipinski definition) is 3. The normalized spacial score (nSPS) is 11.8. The fourth-order valence-corrected chi connectivity index (χ4v) is 1.48. The number of alkyl halides is 5. The molecule has 1 aromatic heterocycles. The second kappa shape index (κ2) is 5.68. The number of rotatable bonds is 3. The zero-order chi connectivity index (χ0) is 14.8. The van der Waals surface area contributed by atoms with Gasteiger partial charge in [0.1, 0.15) is 5.69 Å². The number of esters is 1. The largest absolute Gasteiger partial charge is 0.469 e. The molecular weight excluding hydrogens is 297 g/mol. The van der Waals surface area contributed by atoms with Gasteiger partial charge in [-0.2, -0.15) is 13.2 Å². The van der Waals surface area contributed by atoms with Gasteiger partial charge in [-0.1, -0.05) is 11.6 Å². The van der Waals surface area contributed by atoms with Crippen LogP contribution in [0.1, 0.15) is 23.4 Å². The number of aromatic nitrogens is 1. The fraction of sp³-hybridized carbons (Fsp3) is 0.400. The lowest BCUT2D eigenvalue weighted by atomic mass is 10.1. The van der Waals surface area contributed by atoms with E-state index in [0.717, 1.165) is 7.11 Å². The van der Waals surface area contributed by atoms with Gasteiger partial charge < -0.3 is 4.74 Å². The first-order chi connectivity index (χ1) is 8.66. The summed E-state index contributed by atoms with van der Waals surface area (Å²) < 4.78 is 66.9. The van der Waals surface area contributed by atoms with Crippen LogP contribution in [0.2, 0.25) is 5.02 Å². The Morgan fingerprint density at radius 2 is 2.05 bits per heavy atom. The van der Waals surface area contributed by atoms with Crippen molar-refractivity contribution in [1.29, 1.82) is 0 Å². The van der Waals surface area contributed by atoms with E-state index in [9.17, 15) is 26.7 Å². The van der Waals surface area contributed by atoms with Crippen LogP contribution in [-0.2, 0) is 22.1 Å². The van der Waals surface area contributed by atoms with E-state index in [-0.39, 0.29) is 6.07 Å². The molecule has 0 aliphatic rings. The molecule has 0 aliphatic carbocycles. The Hall–Kier alpha value is -1.44. The number of methoxy groups -OCH3 is 1. The number of hydrogen-bond donors (Lipinski definition) is 0. The smallest absolute Gasteiger partial charge is 0.433 e. The molecule has 9 heteroatoms. The molecule has 0 N–H and O–H groups in total. The van der Waals surface area contributed by atoms with E-state index in [2.05, 4.69) is 9.72 Å². The van der Waals surface area contributed by atoms with Gasteiger partial charge in [-0.3, -0.25) is 4.79 Å². The Labute approximate surface area is 109 Å². The minimum Gasteiger partial charge on any atom is -0.469 e. The first-order valence-electron chi connectivity index (χ1n) is 4.78. The van der Waals surface area contributed by atoms with E-state index in [0.29, 0.717) is 0 Å². The highest BCUT2D eigenvalue weighted by Crippen LogP contribution is 2.35. The van der Waals surface area contributed by atoms with Gasteiger partial charge in [-0.15, -0.1) is 0 Å². The molecule has 3 nitrogen and oxygen atoms in total. The lowest BCUT2D eigenvalue weighted by Crippen LogP contribution is -2.14. The topological polar surface area (TPSA) is 39.2 Å². The van der Waals surface area contributed by atoms with Crippen molar-refractivity contribution in [1.82, 2.24) is 4.98 Å². The number of carbonyl (C=O) groups is 1. The molecule has 1 heterocycles. The van der Waals surface area contributed by atoms with Gasteiger partial charge in [0.05, 0.1) is 24.2 Å². The number of pyridine rings is 1. The molecule has 0 saturated carbocycles. The Balaban J connectivity index is 3.36. The first kappa shape index (κ1) is 15.6. The summed E-state index contributed by atoms with van der Waals surface area (Å²) in [5.41, 5.74) is -3.16. The molecule has 0 aromatic carbocycles. The molecule has 1 rings (SSSR count). The molecule has 0 radical (unpaired) electrons. The third kappa shape index (κ3) is 3.76. The number of ether oxygens (including phenoxy) is 1. The number of nitrogens with zero attached hydrogens (tertiary/aromatic N) is 1. The summed E-state index contributed by atoms with van der Waals surface area (Å²) in [6.45, 7) is 0. The van der Waals surface area contributed by atoms with Crippen LogP contribution in [0.15, 0.2) is 6.07 Å². The van der Waals surface area contributed by atoms with Crippen molar-refractivity contribution >= 4 is 17.6 Å².